The number of hydrogen-bond acceptors (Lipinski definition) is 4. The molecule has 0 aliphatic rings. The molecule has 0 bridgehead atoms. The lowest BCUT2D eigenvalue weighted by molar-refractivity contribution is 0.788. The van der Waals surface area contributed by atoms with Gasteiger partial charge in [0.25, 0.3) is 0 Å². The maximum atomic E-state index is 4.26. The number of aryl methyl sites for hydroxylation is 2. The van der Waals surface area contributed by atoms with Gasteiger partial charge in [0, 0.05) is 50.4 Å². The SMILES string of the molecule is Cn1ccnc1SCCSc1nccn1C. The van der Waals surface area contributed by atoms with Crippen molar-refractivity contribution >= 4 is 23.5 Å². The van der Waals surface area contributed by atoms with Crippen molar-refractivity contribution in [1.29, 1.82) is 0 Å². The van der Waals surface area contributed by atoms with Crippen LogP contribution in [-0.4, -0.2) is 30.6 Å². The van der Waals surface area contributed by atoms with Crippen LogP contribution in [0.1, 0.15) is 0 Å². The third kappa shape index (κ3) is 2.82. The highest BCUT2D eigenvalue weighted by Gasteiger charge is 2.02. The molecule has 0 aliphatic heterocycles. The van der Waals surface area contributed by atoms with Crippen LogP contribution < -0.4 is 0 Å². The van der Waals surface area contributed by atoms with Crippen LogP contribution in [0.25, 0.3) is 0 Å². The summed E-state index contributed by atoms with van der Waals surface area (Å²) in [6.07, 6.45) is 7.59. The molecule has 2 rings (SSSR count). The molecule has 0 N–H and O–H groups in total. The highest BCUT2D eigenvalue weighted by atomic mass is 32.2. The molecule has 2 aromatic rings. The first-order valence-electron chi connectivity index (χ1n) is 4.97. The van der Waals surface area contributed by atoms with E-state index in [-0.39, 0.29) is 0 Å². The van der Waals surface area contributed by atoms with Crippen LogP contribution in [0.2, 0.25) is 0 Å². The van der Waals surface area contributed by atoms with Crippen molar-refractivity contribution in [2.24, 2.45) is 14.1 Å². The van der Waals surface area contributed by atoms with E-state index in [2.05, 4.69) is 9.97 Å². The maximum Gasteiger partial charge on any atom is 0.167 e. The minimum absolute atomic E-state index is 1.04. The molecule has 0 aliphatic carbocycles. The van der Waals surface area contributed by atoms with Gasteiger partial charge >= 0.3 is 0 Å². The molecule has 0 spiro atoms. The summed E-state index contributed by atoms with van der Waals surface area (Å²) in [6, 6.07) is 0. The number of hydrogen-bond donors (Lipinski definition) is 0. The Morgan fingerprint density at radius 2 is 1.38 bits per heavy atom. The molecule has 6 heteroatoms. The molecule has 0 fully saturated rings. The van der Waals surface area contributed by atoms with Crippen molar-refractivity contribution in [1.82, 2.24) is 19.1 Å². The fourth-order valence-electron chi connectivity index (χ4n) is 1.25. The normalized spacial score (nSPS) is 10.9. The number of aromatic nitrogens is 4. The van der Waals surface area contributed by atoms with Gasteiger partial charge in [-0.05, 0) is 0 Å². The predicted molar refractivity (Wildman–Crippen MR) is 67.9 cm³/mol. The van der Waals surface area contributed by atoms with Crippen LogP contribution in [0, 0.1) is 0 Å². The second-order valence-electron chi connectivity index (χ2n) is 3.34. The van der Waals surface area contributed by atoms with Crippen LogP contribution in [0.3, 0.4) is 0 Å². The van der Waals surface area contributed by atoms with Crippen molar-refractivity contribution in [3.8, 4) is 0 Å². The van der Waals surface area contributed by atoms with E-state index >= 15 is 0 Å². The molecule has 2 heterocycles. The zero-order valence-electron chi connectivity index (χ0n) is 9.33. The Balaban J connectivity index is 1.74. The first-order chi connectivity index (χ1) is 7.77. The highest BCUT2D eigenvalue weighted by molar-refractivity contribution is 8.02. The quantitative estimate of drug-likeness (QED) is 0.604. The van der Waals surface area contributed by atoms with E-state index < -0.39 is 0 Å². The Hall–Kier alpha value is -0.880. The van der Waals surface area contributed by atoms with Crippen LogP contribution >= 0.6 is 23.5 Å². The molecule has 0 amide bonds. The minimum Gasteiger partial charge on any atom is -0.329 e. The van der Waals surface area contributed by atoms with E-state index in [1.807, 2.05) is 48.0 Å². The minimum atomic E-state index is 1.04. The van der Waals surface area contributed by atoms with Crippen molar-refractivity contribution in [2.45, 2.75) is 10.3 Å². The molecular weight excluding hydrogens is 240 g/mol. The number of nitrogens with zero attached hydrogens (tertiary/aromatic N) is 4. The van der Waals surface area contributed by atoms with Crippen molar-refractivity contribution < 1.29 is 0 Å². The summed E-state index contributed by atoms with van der Waals surface area (Å²) in [5.41, 5.74) is 0. The van der Waals surface area contributed by atoms with Gasteiger partial charge in [-0.2, -0.15) is 0 Å². The van der Waals surface area contributed by atoms with Gasteiger partial charge in [0.2, 0.25) is 0 Å². The summed E-state index contributed by atoms with van der Waals surface area (Å²) in [7, 11) is 4.03. The topological polar surface area (TPSA) is 35.6 Å². The van der Waals surface area contributed by atoms with Gasteiger partial charge in [0.1, 0.15) is 0 Å². The van der Waals surface area contributed by atoms with Gasteiger partial charge < -0.3 is 9.13 Å². The van der Waals surface area contributed by atoms with Crippen LogP contribution in [0.5, 0.6) is 0 Å². The average molecular weight is 254 g/mol. The van der Waals surface area contributed by atoms with Crippen LogP contribution in [0.4, 0.5) is 0 Å². The smallest absolute Gasteiger partial charge is 0.167 e. The number of rotatable bonds is 5. The van der Waals surface area contributed by atoms with E-state index in [0.29, 0.717) is 0 Å². The van der Waals surface area contributed by atoms with Crippen molar-refractivity contribution in [2.75, 3.05) is 11.5 Å². The summed E-state index contributed by atoms with van der Waals surface area (Å²) in [4.78, 5) is 8.53. The van der Waals surface area contributed by atoms with Gasteiger partial charge in [-0.1, -0.05) is 23.5 Å². The van der Waals surface area contributed by atoms with Gasteiger partial charge in [0.05, 0.1) is 0 Å². The monoisotopic (exact) mass is 254 g/mol. The van der Waals surface area contributed by atoms with E-state index in [0.717, 1.165) is 21.8 Å². The molecule has 4 nitrogen and oxygen atoms in total. The highest BCUT2D eigenvalue weighted by Crippen LogP contribution is 2.20. The molecular formula is C10H14N4S2. The van der Waals surface area contributed by atoms with Crippen LogP contribution in [-0.2, 0) is 14.1 Å². The molecule has 0 atom stereocenters. The number of imidazole rings is 2. The zero-order chi connectivity index (χ0) is 11.4. The Bertz CT molecular complexity index is 407. The Labute approximate surface area is 103 Å². The summed E-state index contributed by atoms with van der Waals surface area (Å²) in [5, 5.41) is 2.14. The van der Waals surface area contributed by atoms with E-state index in [4.69, 9.17) is 0 Å². The Kier molecular flexibility index (Phi) is 3.95. The zero-order valence-corrected chi connectivity index (χ0v) is 11.0. The lowest BCUT2D eigenvalue weighted by atomic mass is 10.9. The lowest BCUT2D eigenvalue weighted by Gasteiger charge is -2.02. The lowest BCUT2D eigenvalue weighted by Crippen LogP contribution is -1.94. The number of thioether (sulfide) groups is 2. The first kappa shape index (κ1) is 11.6. The Morgan fingerprint density at radius 1 is 0.938 bits per heavy atom. The van der Waals surface area contributed by atoms with Gasteiger partial charge in [-0.3, -0.25) is 0 Å². The van der Waals surface area contributed by atoms with Crippen molar-refractivity contribution in [3.05, 3.63) is 24.8 Å². The Morgan fingerprint density at radius 3 is 1.69 bits per heavy atom. The molecule has 0 saturated heterocycles. The molecule has 0 unspecified atom stereocenters. The van der Waals surface area contributed by atoms with Crippen LogP contribution in [0.15, 0.2) is 35.1 Å². The van der Waals surface area contributed by atoms with E-state index in [1.165, 1.54) is 0 Å². The third-order valence-corrected chi connectivity index (χ3v) is 4.48. The van der Waals surface area contributed by atoms with E-state index in [1.54, 1.807) is 23.5 Å². The maximum absolute atomic E-state index is 4.26. The molecule has 0 radical (unpaired) electrons. The molecule has 86 valence electrons. The molecule has 2 aromatic heterocycles. The fourth-order valence-corrected chi connectivity index (χ4v) is 3.08. The van der Waals surface area contributed by atoms with Gasteiger partial charge in [-0.15, -0.1) is 0 Å². The second-order valence-corrected chi connectivity index (χ2v) is 5.46. The van der Waals surface area contributed by atoms with Gasteiger partial charge in [0.15, 0.2) is 10.3 Å². The van der Waals surface area contributed by atoms with E-state index in [9.17, 15) is 0 Å². The predicted octanol–water partition coefficient (Wildman–Crippen LogP) is 2.04. The molecule has 16 heavy (non-hydrogen) atoms. The standard InChI is InChI=1S/C10H14N4S2/c1-13-5-3-11-9(13)15-7-8-16-10-12-4-6-14(10)2/h3-6H,7-8H2,1-2H3. The average Bonchev–Trinajstić information content (AvgIpc) is 2.84. The van der Waals surface area contributed by atoms with Crippen molar-refractivity contribution in [3.63, 3.8) is 0 Å². The third-order valence-electron chi connectivity index (χ3n) is 2.10. The molecule has 0 saturated carbocycles. The summed E-state index contributed by atoms with van der Waals surface area (Å²) in [6.45, 7) is 0. The second kappa shape index (κ2) is 5.45. The van der Waals surface area contributed by atoms with Gasteiger partial charge in [-0.25, -0.2) is 9.97 Å². The summed E-state index contributed by atoms with van der Waals surface area (Å²) in [5.74, 6) is 2.09. The molecule has 0 aromatic carbocycles. The summed E-state index contributed by atoms with van der Waals surface area (Å²) < 4.78 is 4.08. The largest absolute Gasteiger partial charge is 0.329 e. The fraction of sp³-hybridized carbons (Fsp3) is 0.400. The first-order valence-corrected chi connectivity index (χ1v) is 6.95. The summed E-state index contributed by atoms with van der Waals surface area (Å²) >= 11 is 3.55.